The van der Waals surface area contributed by atoms with Crippen molar-refractivity contribution in [3.05, 3.63) is 35.4 Å². The number of benzene rings is 1. The van der Waals surface area contributed by atoms with Crippen molar-refractivity contribution >= 4 is 10.0 Å². The summed E-state index contributed by atoms with van der Waals surface area (Å²) in [5, 5.41) is 0. The van der Waals surface area contributed by atoms with E-state index < -0.39 is 10.0 Å². The molecule has 1 aromatic carbocycles. The Kier molecular flexibility index (Phi) is 7.22. The van der Waals surface area contributed by atoms with Crippen LogP contribution in [0.2, 0.25) is 0 Å². The predicted octanol–water partition coefficient (Wildman–Crippen LogP) is 2.00. The standard InChI is InChI=1S/C18H31N3O2S/c1-4-5-14-24(22,23)19-15-18(17-8-6-16(2)7-9-17)21-12-10-20(3)11-13-21/h6-9,18-19H,4-5,10-15H2,1-3H3. The van der Waals surface area contributed by atoms with Gasteiger partial charge >= 0.3 is 0 Å². The van der Waals surface area contributed by atoms with E-state index in [2.05, 4.69) is 52.8 Å². The Morgan fingerprint density at radius 2 is 1.75 bits per heavy atom. The van der Waals surface area contributed by atoms with Gasteiger partial charge in [0.25, 0.3) is 0 Å². The highest BCUT2D eigenvalue weighted by Gasteiger charge is 2.25. The molecule has 1 aliphatic rings. The average Bonchev–Trinajstić information content (AvgIpc) is 2.56. The molecule has 0 spiro atoms. The number of aryl methyl sites for hydroxylation is 1. The molecule has 0 radical (unpaired) electrons. The van der Waals surface area contributed by atoms with Crippen LogP contribution in [-0.4, -0.2) is 63.7 Å². The summed E-state index contributed by atoms with van der Waals surface area (Å²) in [6.07, 6.45) is 1.60. The molecule has 136 valence electrons. The van der Waals surface area contributed by atoms with Crippen LogP contribution >= 0.6 is 0 Å². The lowest BCUT2D eigenvalue weighted by Gasteiger charge is -2.38. The van der Waals surface area contributed by atoms with Gasteiger partial charge in [0.05, 0.1) is 5.75 Å². The second-order valence-corrected chi connectivity index (χ2v) is 8.71. The lowest BCUT2D eigenvalue weighted by molar-refractivity contribution is 0.113. The Morgan fingerprint density at radius 3 is 2.33 bits per heavy atom. The molecule has 5 nitrogen and oxygen atoms in total. The van der Waals surface area contributed by atoms with Gasteiger partial charge < -0.3 is 4.90 Å². The number of sulfonamides is 1. The number of nitrogens with one attached hydrogen (secondary N) is 1. The van der Waals surface area contributed by atoms with E-state index in [9.17, 15) is 8.42 Å². The van der Waals surface area contributed by atoms with Crippen LogP contribution < -0.4 is 4.72 Å². The van der Waals surface area contributed by atoms with Crippen LogP contribution in [0.3, 0.4) is 0 Å². The first-order valence-corrected chi connectivity index (χ1v) is 10.5. The van der Waals surface area contributed by atoms with E-state index in [-0.39, 0.29) is 11.8 Å². The van der Waals surface area contributed by atoms with Crippen molar-refractivity contribution in [2.24, 2.45) is 0 Å². The second kappa shape index (κ2) is 8.94. The molecule has 1 unspecified atom stereocenters. The molecule has 1 N–H and O–H groups in total. The van der Waals surface area contributed by atoms with E-state index in [0.717, 1.165) is 32.6 Å². The summed E-state index contributed by atoms with van der Waals surface area (Å²) in [5.74, 6) is 0.215. The van der Waals surface area contributed by atoms with Crippen molar-refractivity contribution in [1.82, 2.24) is 14.5 Å². The fourth-order valence-electron chi connectivity index (χ4n) is 2.99. The van der Waals surface area contributed by atoms with Gasteiger partial charge in [0.15, 0.2) is 0 Å². The normalized spacial score (nSPS) is 18.6. The van der Waals surface area contributed by atoms with Gasteiger partial charge in [0.1, 0.15) is 0 Å². The van der Waals surface area contributed by atoms with Crippen LogP contribution in [0, 0.1) is 6.92 Å². The molecular weight excluding hydrogens is 322 g/mol. The maximum Gasteiger partial charge on any atom is 0.211 e. The predicted molar refractivity (Wildman–Crippen MR) is 99.7 cm³/mol. The molecular formula is C18H31N3O2S. The maximum absolute atomic E-state index is 12.2. The molecule has 1 aromatic rings. The highest BCUT2D eigenvalue weighted by atomic mass is 32.2. The monoisotopic (exact) mass is 353 g/mol. The minimum absolute atomic E-state index is 0.0932. The minimum Gasteiger partial charge on any atom is -0.304 e. The van der Waals surface area contributed by atoms with E-state index in [4.69, 9.17) is 0 Å². The van der Waals surface area contributed by atoms with E-state index in [1.165, 1.54) is 11.1 Å². The number of likely N-dealkylation sites (N-methyl/N-ethyl adjacent to an activating group) is 1. The summed E-state index contributed by atoms with van der Waals surface area (Å²) in [7, 11) is -1.06. The topological polar surface area (TPSA) is 52.7 Å². The first kappa shape index (κ1) is 19.4. The quantitative estimate of drug-likeness (QED) is 0.777. The Morgan fingerprint density at radius 1 is 1.12 bits per heavy atom. The Bertz CT molecular complexity index is 593. The van der Waals surface area contributed by atoms with Crippen molar-refractivity contribution in [1.29, 1.82) is 0 Å². The molecule has 2 rings (SSSR count). The van der Waals surface area contributed by atoms with Crippen LogP contribution in [0.5, 0.6) is 0 Å². The summed E-state index contributed by atoms with van der Waals surface area (Å²) in [4.78, 5) is 4.71. The van der Waals surface area contributed by atoms with Gasteiger partial charge in [-0.2, -0.15) is 0 Å². The molecule has 0 bridgehead atoms. The first-order chi connectivity index (χ1) is 11.4. The van der Waals surface area contributed by atoms with Crippen molar-refractivity contribution in [3.8, 4) is 0 Å². The van der Waals surface area contributed by atoms with Gasteiger partial charge in [0, 0.05) is 38.8 Å². The maximum atomic E-state index is 12.2. The number of unbranched alkanes of at least 4 members (excludes halogenated alkanes) is 1. The number of hydrogen-bond donors (Lipinski definition) is 1. The molecule has 0 aromatic heterocycles. The molecule has 6 heteroatoms. The zero-order chi connectivity index (χ0) is 17.6. The van der Waals surface area contributed by atoms with E-state index in [1.807, 2.05) is 6.92 Å². The molecule has 1 atom stereocenters. The zero-order valence-electron chi connectivity index (χ0n) is 15.2. The lowest BCUT2D eigenvalue weighted by Crippen LogP contribution is -2.48. The van der Waals surface area contributed by atoms with Crippen LogP contribution in [0.1, 0.15) is 36.9 Å². The molecule has 0 amide bonds. The first-order valence-electron chi connectivity index (χ1n) is 8.88. The van der Waals surface area contributed by atoms with Gasteiger partial charge in [-0.1, -0.05) is 43.2 Å². The molecule has 0 aliphatic carbocycles. The fraction of sp³-hybridized carbons (Fsp3) is 0.667. The third-order valence-corrected chi connectivity index (χ3v) is 6.14. The fourth-order valence-corrected chi connectivity index (χ4v) is 4.22. The number of rotatable bonds is 8. The van der Waals surface area contributed by atoms with Gasteiger partial charge in [-0.15, -0.1) is 0 Å². The van der Waals surface area contributed by atoms with Gasteiger partial charge in [0.2, 0.25) is 10.0 Å². The Hall–Kier alpha value is -0.950. The Labute approximate surface area is 147 Å². The second-order valence-electron chi connectivity index (χ2n) is 6.79. The molecule has 0 saturated carbocycles. The molecule has 1 heterocycles. The van der Waals surface area contributed by atoms with Gasteiger partial charge in [-0.05, 0) is 26.0 Å². The average molecular weight is 354 g/mol. The van der Waals surface area contributed by atoms with Crippen LogP contribution in [-0.2, 0) is 10.0 Å². The SMILES string of the molecule is CCCCS(=O)(=O)NCC(c1ccc(C)cc1)N1CCN(C)CC1. The molecule has 1 aliphatic heterocycles. The highest BCUT2D eigenvalue weighted by molar-refractivity contribution is 7.89. The number of piperazine rings is 1. The summed E-state index contributed by atoms with van der Waals surface area (Å²) in [6.45, 7) is 8.49. The molecule has 24 heavy (non-hydrogen) atoms. The van der Waals surface area contributed by atoms with E-state index in [1.54, 1.807) is 0 Å². The third kappa shape index (κ3) is 5.84. The van der Waals surface area contributed by atoms with Gasteiger partial charge in [-0.25, -0.2) is 13.1 Å². The Balaban J connectivity index is 2.09. The highest BCUT2D eigenvalue weighted by Crippen LogP contribution is 2.22. The van der Waals surface area contributed by atoms with Crippen LogP contribution in [0.15, 0.2) is 24.3 Å². The summed E-state index contributed by atoms with van der Waals surface area (Å²) >= 11 is 0. The van der Waals surface area contributed by atoms with Crippen LogP contribution in [0.4, 0.5) is 0 Å². The van der Waals surface area contributed by atoms with Crippen molar-refractivity contribution in [2.75, 3.05) is 45.5 Å². The number of hydrogen-bond acceptors (Lipinski definition) is 4. The number of nitrogens with zero attached hydrogens (tertiary/aromatic N) is 2. The van der Waals surface area contributed by atoms with E-state index in [0.29, 0.717) is 13.0 Å². The van der Waals surface area contributed by atoms with Crippen molar-refractivity contribution < 1.29 is 8.42 Å². The van der Waals surface area contributed by atoms with E-state index >= 15 is 0 Å². The van der Waals surface area contributed by atoms with Gasteiger partial charge in [-0.3, -0.25) is 4.90 Å². The van der Waals surface area contributed by atoms with Crippen molar-refractivity contribution in [2.45, 2.75) is 32.7 Å². The van der Waals surface area contributed by atoms with Crippen molar-refractivity contribution in [3.63, 3.8) is 0 Å². The summed E-state index contributed by atoms with van der Waals surface area (Å²) in [6, 6.07) is 8.54. The smallest absolute Gasteiger partial charge is 0.211 e. The summed E-state index contributed by atoms with van der Waals surface area (Å²) < 4.78 is 27.2. The lowest BCUT2D eigenvalue weighted by atomic mass is 10.0. The minimum atomic E-state index is -3.19. The summed E-state index contributed by atoms with van der Waals surface area (Å²) in [5.41, 5.74) is 2.41. The van der Waals surface area contributed by atoms with Crippen LogP contribution in [0.25, 0.3) is 0 Å². The molecule has 1 saturated heterocycles. The molecule has 1 fully saturated rings. The third-order valence-electron chi connectivity index (χ3n) is 4.70. The zero-order valence-corrected chi connectivity index (χ0v) is 16.0. The largest absolute Gasteiger partial charge is 0.304 e.